The average Bonchev–Trinajstić information content (AvgIpc) is 2.41. The summed E-state index contributed by atoms with van der Waals surface area (Å²) in [6, 6.07) is 0. The molecule has 12 heavy (non-hydrogen) atoms. The fourth-order valence-electron chi connectivity index (χ4n) is 1.47. The molecule has 3 nitrogen and oxygen atoms in total. The minimum atomic E-state index is -0.264. The van der Waals surface area contributed by atoms with Gasteiger partial charge in [0.2, 0.25) is 0 Å². The molecule has 0 bridgehead atoms. The summed E-state index contributed by atoms with van der Waals surface area (Å²) in [7, 11) is 0. The number of rotatable bonds is 0. The Labute approximate surface area is 70.0 Å². The van der Waals surface area contributed by atoms with Gasteiger partial charge in [-0.05, 0) is 13.8 Å². The number of aryl methyl sites for hydroxylation is 1. The average molecular weight is 166 g/mol. The van der Waals surface area contributed by atoms with Crippen LogP contribution in [0.3, 0.4) is 0 Å². The fourth-order valence-corrected chi connectivity index (χ4v) is 1.47. The molecule has 2 rings (SSSR count). The van der Waals surface area contributed by atoms with Gasteiger partial charge in [-0.2, -0.15) is 0 Å². The molecule has 1 atom stereocenters. The highest BCUT2D eigenvalue weighted by Gasteiger charge is 2.24. The van der Waals surface area contributed by atoms with Gasteiger partial charge < -0.3 is 9.15 Å². The molecular formula is C9H10O3. The van der Waals surface area contributed by atoms with Crippen LogP contribution < -0.4 is 10.4 Å². The lowest BCUT2D eigenvalue weighted by Gasteiger charge is -2.03. The molecule has 0 saturated heterocycles. The lowest BCUT2D eigenvalue weighted by atomic mass is 10.1. The van der Waals surface area contributed by atoms with Gasteiger partial charge >= 0.3 is 5.63 Å². The molecular weight excluding hydrogens is 156 g/mol. The Bertz CT molecular complexity index is 365. The highest BCUT2D eigenvalue weighted by Crippen LogP contribution is 2.28. The molecule has 0 amide bonds. The van der Waals surface area contributed by atoms with Gasteiger partial charge in [0, 0.05) is 12.0 Å². The zero-order chi connectivity index (χ0) is 8.72. The van der Waals surface area contributed by atoms with Crippen molar-refractivity contribution in [1.29, 1.82) is 0 Å². The Balaban J connectivity index is 2.64. The maximum absolute atomic E-state index is 11.2. The van der Waals surface area contributed by atoms with E-state index in [2.05, 4.69) is 0 Å². The summed E-state index contributed by atoms with van der Waals surface area (Å²) >= 11 is 0. The predicted octanol–water partition coefficient (Wildman–Crippen LogP) is 1.27. The van der Waals surface area contributed by atoms with E-state index in [4.69, 9.17) is 9.15 Å². The van der Waals surface area contributed by atoms with Gasteiger partial charge in [-0.3, -0.25) is 0 Å². The first-order valence-corrected chi connectivity index (χ1v) is 3.96. The molecule has 64 valence electrons. The second-order valence-electron chi connectivity index (χ2n) is 3.15. The molecule has 0 N–H and O–H groups in total. The number of hydrogen-bond donors (Lipinski definition) is 0. The van der Waals surface area contributed by atoms with E-state index in [-0.39, 0.29) is 11.7 Å². The SMILES string of the molecule is Cc1coc(=O)c2c1OC(C)C2. The van der Waals surface area contributed by atoms with Crippen LogP contribution in [0.2, 0.25) is 0 Å². The molecule has 0 saturated carbocycles. The first-order chi connectivity index (χ1) is 5.68. The molecule has 0 fully saturated rings. The standard InChI is InChI=1S/C9H10O3/c1-5-4-11-9(10)7-3-6(2)12-8(5)7/h4,6H,3H2,1-2H3. The molecule has 1 unspecified atom stereocenters. The summed E-state index contributed by atoms with van der Waals surface area (Å²) in [6.45, 7) is 3.82. The predicted molar refractivity (Wildman–Crippen MR) is 43.5 cm³/mol. The Morgan fingerprint density at radius 3 is 3.00 bits per heavy atom. The molecule has 0 aliphatic carbocycles. The van der Waals surface area contributed by atoms with Crippen molar-refractivity contribution in [3.05, 3.63) is 27.8 Å². The van der Waals surface area contributed by atoms with Crippen molar-refractivity contribution in [2.45, 2.75) is 26.4 Å². The van der Waals surface area contributed by atoms with Gasteiger partial charge in [-0.15, -0.1) is 0 Å². The minimum Gasteiger partial charge on any atom is -0.489 e. The van der Waals surface area contributed by atoms with Crippen molar-refractivity contribution in [2.24, 2.45) is 0 Å². The highest BCUT2D eigenvalue weighted by atomic mass is 16.5. The molecule has 0 spiro atoms. The Morgan fingerprint density at radius 1 is 1.58 bits per heavy atom. The molecule has 1 aliphatic rings. The highest BCUT2D eigenvalue weighted by molar-refractivity contribution is 5.40. The van der Waals surface area contributed by atoms with Crippen molar-refractivity contribution in [1.82, 2.24) is 0 Å². The summed E-state index contributed by atoms with van der Waals surface area (Å²) in [4.78, 5) is 11.2. The van der Waals surface area contributed by atoms with E-state index in [9.17, 15) is 4.79 Å². The van der Waals surface area contributed by atoms with Crippen LogP contribution in [0, 0.1) is 6.92 Å². The minimum absolute atomic E-state index is 0.101. The van der Waals surface area contributed by atoms with Gasteiger partial charge in [0.05, 0.1) is 5.56 Å². The smallest absolute Gasteiger partial charge is 0.342 e. The number of ether oxygens (including phenoxy) is 1. The summed E-state index contributed by atoms with van der Waals surface area (Å²) < 4.78 is 10.3. The summed E-state index contributed by atoms with van der Waals surface area (Å²) in [5.41, 5.74) is 1.32. The van der Waals surface area contributed by atoms with Gasteiger partial charge in [0.15, 0.2) is 0 Å². The summed E-state index contributed by atoms with van der Waals surface area (Å²) in [5.74, 6) is 0.721. The normalized spacial score (nSPS) is 20.3. The Morgan fingerprint density at radius 2 is 2.33 bits per heavy atom. The summed E-state index contributed by atoms with van der Waals surface area (Å²) in [6.07, 6.45) is 2.21. The first-order valence-electron chi connectivity index (χ1n) is 3.96. The largest absolute Gasteiger partial charge is 0.489 e. The van der Waals surface area contributed by atoms with Crippen LogP contribution in [-0.4, -0.2) is 6.10 Å². The van der Waals surface area contributed by atoms with E-state index in [1.807, 2.05) is 13.8 Å². The van der Waals surface area contributed by atoms with Crippen molar-refractivity contribution in [3.8, 4) is 5.75 Å². The van der Waals surface area contributed by atoms with Crippen LogP contribution in [0.15, 0.2) is 15.5 Å². The van der Waals surface area contributed by atoms with Crippen molar-refractivity contribution in [2.75, 3.05) is 0 Å². The fraction of sp³-hybridized carbons (Fsp3) is 0.444. The second kappa shape index (κ2) is 2.37. The van der Waals surface area contributed by atoms with Crippen molar-refractivity contribution >= 4 is 0 Å². The molecule has 3 heteroatoms. The lowest BCUT2D eigenvalue weighted by Crippen LogP contribution is -2.08. The topological polar surface area (TPSA) is 39.4 Å². The monoisotopic (exact) mass is 166 g/mol. The van der Waals surface area contributed by atoms with E-state index >= 15 is 0 Å². The molecule has 2 heterocycles. The van der Waals surface area contributed by atoms with Gasteiger partial charge in [-0.1, -0.05) is 0 Å². The van der Waals surface area contributed by atoms with Crippen molar-refractivity contribution < 1.29 is 9.15 Å². The van der Waals surface area contributed by atoms with Crippen LogP contribution in [0.25, 0.3) is 0 Å². The van der Waals surface area contributed by atoms with E-state index in [0.717, 1.165) is 11.3 Å². The van der Waals surface area contributed by atoms with Gasteiger partial charge in [-0.25, -0.2) is 4.79 Å². The lowest BCUT2D eigenvalue weighted by molar-refractivity contribution is 0.253. The Hall–Kier alpha value is -1.25. The molecule has 0 aromatic carbocycles. The van der Waals surface area contributed by atoms with Crippen LogP contribution >= 0.6 is 0 Å². The van der Waals surface area contributed by atoms with Crippen LogP contribution in [0.5, 0.6) is 5.75 Å². The first kappa shape index (κ1) is 7.40. The molecule has 0 radical (unpaired) electrons. The van der Waals surface area contributed by atoms with Crippen LogP contribution in [-0.2, 0) is 6.42 Å². The zero-order valence-corrected chi connectivity index (χ0v) is 7.09. The third-order valence-electron chi connectivity index (χ3n) is 2.03. The second-order valence-corrected chi connectivity index (χ2v) is 3.15. The molecule has 1 aromatic rings. The van der Waals surface area contributed by atoms with Crippen molar-refractivity contribution in [3.63, 3.8) is 0 Å². The van der Waals surface area contributed by atoms with E-state index < -0.39 is 0 Å². The van der Waals surface area contributed by atoms with E-state index in [1.54, 1.807) is 0 Å². The quantitative estimate of drug-likeness (QED) is 0.582. The third-order valence-corrected chi connectivity index (χ3v) is 2.03. The third kappa shape index (κ3) is 0.932. The Kier molecular flexibility index (Phi) is 1.46. The number of fused-ring (bicyclic) bond motifs is 1. The zero-order valence-electron chi connectivity index (χ0n) is 7.09. The van der Waals surface area contributed by atoms with Gasteiger partial charge in [0.25, 0.3) is 0 Å². The van der Waals surface area contributed by atoms with E-state index in [0.29, 0.717) is 12.0 Å². The number of hydrogen-bond acceptors (Lipinski definition) is 3. The van der Waals surface area contributed by atoms with Crippen LogP contribution in [0.4, 0.5) is 0 Å². The van der Waals surface area contributed by atoms with Crippen LogP contribution in [0.1, 0.15) is 18.1 Å². The maximum Gasteiger partial charge on any atom is 0.342 e. The van der Waals surface area contributed by atoms with E-state index in [1.165, 1.54) is 6.26 Å². The summed E-state index contributed by atoms with van der Waals surface area (Å²) in [5, 5.41) is 0. The molecule has 1 aromatic heterocycles. The molecule has 1 aliphatic heterocycles. The van der Waals surface area contributed by atoms with Gasteiger partial charge in [0.1, 0.15) is 18.1 Å². The maximum atomic E-state index is 11.2.